The Bertz CT molecular complexity index is 766. The summed E-state index contributed by atoms with van der Waals surface area (Å²) in [5.74, 6) is 0.397. The highest BCUT2D eigenvalue weighted by molar-refractivity contribution is 6.32. The molecule has 3 rings (SSSR count). The van der Waals surface area contributed by atoms with Crippen LogP contribution in [-0.2, 0) is 13.7 Å². The fraction of sp³-hybridized carbons (Fsp3) is 0.125. The minimum absolute atomic E-state index is 0.228. The largest absolute Gasteiger partial charge is 0.486 e. The van der Waals surface area contributed by atoms with Crippen molar-refractivity contribution in [3.8, 4) is 5.75 Å². The van der Waals surface area contributed by atoms with Crippen LogP contribution in [0.25, 0.3) is 10.9 Å². The number of fused-ring (bicyclic) bond motifs is 1. The second-order valence-electron chi connectivity index (χ2n) is 4.59. The van der Waals surface area contributed by atoms with E-state index in [1.165, 1.54) is 6.07 Å². The molecule has 0 saturated heterocycles. The molecule has 0 radical (unpaired) electrons. The lowest BCUT2D eigenvalue weighted by molar-refractivity contribution is 0.298. The van der Waals surface area contributed by atoms with Crippen molar-refractivity contribution in [3.63, 3.8) is 0 Å². The van der Waals surface area contributed by atoms with E-state index in [2.05, 4.69) is 0 Å². The van der Waals surface area contributed by atoms with Gasteiger partial charge in [0.25, 0.3) is 0 Å². The van der Waals surface area contributed by atoms with Crippen LogP contribution in [0.4, 0.5) is 4.39 Å². The molecule has 2 aromatic carbocycles. The molecular formula is C16H13ClFNO. The van der Waals surface area contributed by atoms with Gasteiger partial charge in [-0.3, -0.25) is 0 Å². The van der Waals surface area contributed by atoms with Crippen LogP contribution in [0.2, 0.25) is 5.02 Å². The fourth-order valence-corrected chi connectivity index (χ4v) is 2.46. The Hall–Kier alpha value is -2.00. The molecule has 2 nitrogen and oxygen atoms in total. The van der Waals surface area contributed by atoms with Gasteiger partial charge in [0.05, 0.1) is 16.2 Å². The highest BCUT2D eigenvalue weighted by Crippen LogP contribution is 2.26. The standard InChI is InChI=1S/C16H13ClFNO/c1-19-12(9-11-5-4-7-14(18)16(11)19)10-20-15-8-3-2-6-13(15)17/h2-9H,10H2,1H3. The summed E-state index contributed by atoms with van der Waals surface area (Å²) >= 11 is 6.04. The molecule has 0 atom stereocenters. The number of hydrogen-bond acceptors (Lipinski definition) is 1. The minimum Gasteiger partial charge on any atom is -0.486 e. The lowest BCUT2D eigenvalue weighted by Crippen LogP contribution is -2.02. The molecule has 0 amide bonds. The lowest BCUT2D eigenvalue weighted by atomic mass is 10.2. The van der Waals surface area contributed by atoms with E-state index in [4.69, 9.17) is 16.3 Å². The fourth-order valence-electron chi connectivity index (χ4n) is 2.27. The molecule has 3 aromatic rings. The van der Waals surface area contributed by atoms with Crippen LogP contribution in [0, 0.1) is 5.82 Å². The van der Waals surface area contributed by atoms with Crippen LogP contribution in [0.15, 0.2) is 48.5 Å². The van der Waals surface area contributed by atoms with Gasteiger partial charge >= 0.3 is 0 Å². The SMILES string of the molecule is Cn1c(COc2ccccc2Cl)cc2cccc(F)c21. The van der Waals surface area contributed by atoms with Crippen molar-refractivity contribution < 1.29 is 9.13 Å². The molecule has 0 bridgehead atoms. The third-order valence-corrected chi connectivity index (χ3v) is 3.63. The predicted molar refractivity (Wildman–Crippen MR) is 78.7 cm³/mol. The third-order valence-electron chi connectivity index (χ3n) is 3.32. The molecule has 0 unspecified atom stereocenters. The molecule has 0 fully saturated rings. The van der Waals surface area contributed by atoms with Crippen molar-refractivity contribution in [1.29, 1.82) is 0 Å². The maximum Gasteiger partial charge on any atom is 0.147 e. The Morgan fingerprint density at radius 3 is 2.70 bits per heavy atom. The van der Waals surface area contributed by atoms with Crippen LogP contribution in [-0.4, -0.2) is 4.57 Å². The average molecular weight is 290 g/mol. The van der Waals surface area contributed by atoms with Crippen molar-refractivity contribution in [2.45, 2.75) is 6.61 Å². The quantitative estimate of drug-likeness (QED) is 0.690. The first-order valence-electron chi connectivity index (χ1n) is 6.27. The second kappa shape index (κ2) is 5.17. The highest BCUT2D eigenvalue weighted by atomic mass is 35.5. The Morgan fingerprint density at radius 2 is 1.95 bits per heavy atom. The molecule has 0 saturated carbocycles. The molecule has 0 spiro atoms. The maximum atomic E-state index is 13.8. The number of para-hydroxylation sites is 2. The summed E-state index contributed by atoms with van der Waals surface area (Å²) in [6, 6.07) is 14.3. The summed E-state index contributed by atoms with van der Waals surface area (Å²) in [6.45, 7) is 0.342. The number of nitrogens with zero attached hydrogens (tertiary/aromatic N) is 1. The zero-order valence-corrected chi connectivity index (χ0v) is 11.7. The highest BCUT2D eigenvalue weighted by Gasteiger charge is 2.10. The molecule has 0 aliphatic heterocycles. The van der Waals surface area contributed by atoms with E-state index in [0.29, 0.717) is 22.9 Å². The second-order valence-corrected chi connectivity index (χ2v) is 5.00. The average Bonchev–Trinajstić information content (AvgIpc) is 2.76. The zero-order chi connectivity index (χ0) is 14.1. The Balaban J connectivity index is 1.90. The molecule has 20 heavy (non-hydrogen) atoms. The molecular weight excluding hydrogens is 277 g/mol. The summed E-state index contributed by atoms with van der Waals surface area (Å²) in [4.78, 5) is 0. The first-order valence-corrected chi connectivity index (χ1v) is 6.65. The van der Waals surface area contributed by atoms with Gasteiger partial charge in [-0.05, 0) is 24.3 Å². The van der Waals surface area contributed by atoms with E-state index in [-0.39, 0.29) is 5.82 Å². The van der Waals surface area contributed by atoms with Gasteiger partial charge in [-0.15, -0.1) is 0 Å². The van der Waals surface area contributed by atoms with Gasteiger partial charge in [0.2, 0.25) is 0 Å². The molecule has 0 aliphatic rings. The number of hydrogen-bond donors (Lipinski definition) is 0. The molecule has 4 heteroatoms. The number of aryl methyl sites for hydroxylation is 1. The lowest BCUT2D eigenvalue weighted by Gasteiger charge is -2.09. The van der Waals surface area contributed by atoms with Crippen molar-refractivity contribution in [2.75, 3.05) is 0 Å². The molecule has 1 aromatic heterocycles. The zero-order valence-electron chi connectivity index (χ0n) is 10.9. The number of rotatable bonds is 3. The van der Waals surface area contributed by atoms with Crippen molar-refractivity contribution >= 4 is 22.5 Å². The van der Waals surface area contributed by atoms with E-state index in [1.807, 2.05) is 41.9 Å². The molecule has 102 valence electrons. The Labute approximate surface area is 121 Å². The van der Waals surface area contributed by atoms with Gasteiger partial charge < -0.3 is 9.30 Å². The molecule has 0 aliphatic carbocycles. The first-order chi connectivity index (χ1) is 9.66. The first kappa shape index (κ1) is 13.0. The third kappa shape index (κ3) is 2.25. The van der Waals surface area contributed by atoms with Gasteiger partial charge in [0, 0.05) is 12.4 Å². The van der Waals surface area contributed by atoms with Gasteiger partial charge in [0.1, 0.15) is 18.2 Å². The maximum absolute atomic E-state index is 13.8. The van der Waals surface area contributed by atoms with Gasteiger partial charge in [-0.2, -0.15) is 0 Å². The monoisotopic (exact) mass is 289 g/mol. The smallest absolute Gasteiger partial charge is 0.147 e. The topological polar surface area (TPSA) is 14.2 Å². The van der Waals surface area contributed by atoms with E-state index >= 15 is 0 Å². The number of benzene rings is 2. The van der Waals surface area contributed by atoms with Crippen LogP contribution in [0.1, 0.15) is 5.69 Å². The van der Waals surface area contributed by atoms with Gasteiger partial charge in [0.15, 0.2) is 0 Å². The molecule has 1 heterocycles. The number of aromatic nitrogens is 1. The van der Waals surface area contributed by atoms with Crippen LogP contribution < -0.4 is 4.74 Å². The number of halogens is 2. The Kier molecular flexibility index (Phi) is 3.36. The molecule has 0 N–H and O–H groups in total. The van der Waals surface area contributed by atoms with Gasteiger partial charge in [-0.25, -0.2) is 4.39 Å². The summed E-state index contributed by atoms with van der Waals surface area (Å²) in [5, 5.41) is 1.43. The van der Waals surface area contributed by atoms with Crippen LogP contribution >= 0.6 is 11.6 Å². The predicted octanol–water partition coefficient (Wildman–Crippen LogP) is 4.55. The van der Waals surface area contributed by atoms with Crippen LogP contribution in [0.3, 0.4) is 0 Å². The van der Waals surface area contributed by atoms with Crippen LogP contribution in [0.5, 0.6) is 5.75 Å². The summed E-state index contributed by atoms with van der Waals surface area (Å²) < 4.78 is 21.3. The Morgan fingerprint density at radius 1 is 1.15 bits per heavy atom. The van der Waals surface area contributed by atoms with Gasteiger partial charge in [-0.1, -0.05) is 35.9 Å². The van der Waals surface area contributed by atoms with Crippen molar-refractivity contribution in [1.82, 2.24) is 4.57 Å². The van der Waals surface area contributed by atoms with E-state index in [9.17, 15) is 4.39 Å². The number of ether oxygens (including phenoxy) is 1. The van der Waals surface area contributed by atoms with Crippen molar-refractivity contribution in [2.24, 2.45) is 7.05 Å². The van der Waals surface area contributed by atoms with E-state index < -0.39 is 0 Å². The summed E-state index contributed by atoms with van der Waals surface area (Å²) in [7, 11) is 1.83. The normalized spacial score (nSPS) is 10.9. The summed E-state index contributed by atoms with van der Waals surface area (Å²) in [6.07, 6.45) is 0. The van der Waals surface area contributed by atoms with E-state index in [1.54, 1.807) is 12.1 Å². The minimum atomic E-state index is -0.228. The van der Waals surface area contributed by atoms with Crippen molar-refractivity contribution in [3.05, 3.63) is 65.1 Å². The van der Waals surface area contributed by atoms with E-state index in [0.717, 1.165) is 11.1 Å². The summed E-state index contributed by atoms with van der Waals surface area (Å²) in [5.41, 5.74) is 1.48.